The van der Waals surface area contributed by atoms with Crippen LogP contribution in [0.5, 0.6) is 0 Å². The molecule has 2 aromatic rings. The van der Waals surface area contributed by atoms with Crippen LogP contribution in [0.2, 0.25) is 0 Å². The fourth-order valence-electron chi connectivity index (χ4n) is 3.07. The summed E-state index contributed by atoms with van der Waals surface area (Å²) in [5, 5.41) is 12.0. The Kier molecular flexibility index (Phi) is 5.42. The summed E-state index contributed by atoms with van der Waals surface area (Å²) in [6, 6.07) is 7.03. The standard InChI is InChI=1S/C19H20FN5O/c1-13-2-3-14(10-16(13)20)12-24-19(26)15-4-8-25(9-5-15)18-17(11-21)22-6-7-23-18/h2-3,6-7,10,15H,4-5,8-9,12H2,1H3,(H,24,26). The fourth-order valence-corrected chi connectivity index (χ4v) is 3.07. The van der Waals surface area contributed by atoms with Crippen LogP contribution in [0.15, 0.2) is 30.6 Å². The highest BCUT2D eigenvalue weighted by atomic mass is 19.1. The van der Waals surface area contributed by atoms with E-state index in [1.165, 1.54) is 12.3 Å². The van der Waals surface area contributed by atoms with E-state index in [1.54, 1.807) is 19.2 Å². The number of anilines is 1. The molecular formula is C19H20FN5O. The number of carbonyl (C=O) groups is 1. The minimum Gasteiger partial charge on any atom is -0.354 e. The monoisotopic (exact) mass is 353 g/mol. The average Bonchev–Trinajstić information content (AvgIpc) is 2.68. The number of carbonyl (C=O) groups excluding carboxylic acids is 1. The van der Waals surface area contributed by atoms with Crippen molar-refractivity contribution >= 4 is 11.7 Å². The van der Waals surface area contributed by atoms with E-state index >= 15 is 0 Å². The zero-order chi connectivity index (χ0) is 18.5. The zero-order valence-corrected chi connectivity index (χ0v) is 14.6. The van der Waals surface area contributed by atoms with Gasteiger partial charge in [-0.25, -0.2) is 14.4 Å². The molecular weight excluding hydrogens is 333 g/mol. The van der Waals surface area contributed by atoms with Gasteiger partial charge in [0, 0.05) is 37.9 Å². The van der Waals surface area contributed by atoms with Gasteiger partial charge in [-0.2, -0.15) is 5.26 Å². The number of hydrogen-bond acceptors (Lipinski definition) is 5. The van der Waals surface area contributed by atoms with Crippen LogP contribution in [0.25, 0.3) is 0 Å². The molecule has 26 heavy (non-hydrogen) atoms. The van der Waals surface area contributed by atoms with Crippen molar-refractivity contribution in [3.63, 3.8) is 0 Å². The molecule has 1 N–H and O–H groups in total. The van der Waals surface area contributed by atoms with Gasteiger partial charge in [-0.15, -0.1) is 0 Å². The van der Waals surface area contributed by atoms with Gasteiger partial charge < -0.3 is 10.2 Å². The molecule has 0 radical (unpaired) electrons. The third-order valence-electron chi connectivity index (χ3n) is 4.65. The Hall–Kier alpha value is -3.01. The van der Waals surface area contributed by atoms with Gasteiger partial charge >= 0.3 is 0 Å². The van der Waals surface area contributed by atoms with Crippen LogP contribution in [-0.4, -0.2) is 29.0 Å². The van der Waals surface area contributed by atoms with E-state index in [2.05, 4.69) is 15.3 Å². The summed E-state index contributed by atoms with van der Waals surface area (Å²) in [4.78, 5) is 22.6. The number of nitrogens with zero attached hydrogens (tertiary/aromatic N) is 4. The van der Waals surface area contributed by atoms with Crippen LogP contribution in [0, 0.1) is 30.0 Å². The molecule has 1 aromatic carbocycles. The molecule has 1 aliphatic heterocycles. The van der Waals surface area contributed by atoms with Crippen molar-refractivity contribution < 1.29 is 9.18 Å². The van der Waals surface area contributed by atoms with E-state index in [-0.39, 0.29) is 17.6 Å². The molecule has 1 aromatic heterocycles. The third kappa shape index (κ3) is 3.97. The van der Waals surface area contributed by atoms with Crippen molar-refractivity contribution in [3.8, 4) is 6.07 Å². The van der Waals surface area contributed by atoms with Crippen LogP contribution >= 0.6 is 0 Å². The number of rotatable bonds is 4. The number of piperidine rings is 1. The average molecular weight is 353 g/mol. The molecule has 0 saturated carbocycles. The molecule has 6 nitrogen and oxygen atoms in total. The van der Waals surface area contributed by atoms with E-state index in [1.807, 2.05) is 17.0 Å². The molecule has 134 valence electrons. The number of amides is 1. The topological polar surface area (TPSA) is 81.9 Å². The van der Waals surface area contributed by atoms with E-state index < -0.39 is 0 Å². The quantitative estimate of drug-likeness (QED) is 0.912. The molecule has 1 saturated heterocycles. The van der Waals surface area contributed by atoms with E-state index in [0.717, 1.165) is 5.56 Å². The van der Waals surface area contributed by atoms with E-state index in [9.17, 15) is 9.18 Å². The number of aromatic nitrogens is 2. The normalized spacial score (nSPS) is 14.7. The Morgan fingerprint density at radius 2 is 2.08 bits per heavy atom. The maximum Gasteiger partial charge on any atom is 0.223 e. The molecule has 0 bridgehead atoms. The summed E-state index contributed by atoms with van der Waals surface area (Å²) in [7, 11) is 0. The lowest BCUT2D eigenvalue weighted by Gasteiger charge is -2.32. The third-order valence-corrected chi connectivity index (χ3v) is 4.65. The number of aryl methyl sites for hydroxylation is 1. The Labute approximate surface area is 151 Å². The number of nitrogens with one attached hydrogen (secondary N) is 1. The molecule has 0 unspecified atom stereocenters. The van der Waals surface area contributed by atoms with Crippen molar-refractivity contribution in [2.45, 2.75) is 26.3 Å². The lowest BCUT2D eigenvalue weighted by molar-refractivity contribution is -0.125. The lowest BCUT2D eigenvalue weighted by atomic mass is 9.95. The molecule has 1 amide bonds. The van der Waals surface area contributed by atoms with Crippen LogP contribution in [0.4, 0.5) is 10.2 Å². The van der Waals surface area contributed by atoms with Gasteiger partial charge in [-0.3, -0.25) is 4.79 Å². The second kappa shape index (κ2) is 7.91. The largest absolute Gasteiger partial charge is 0.354 e. The van der Waals surface area contributed by atoms with Crippen molar-refractivity contribution in [1.29, 1.82) is 5.26 Å². The molecule has 0 aliphatic carbocycles. The lowest BCUT2D eigenvalue weighted by Crippen LogP contribution is -2.41. The molecule has 3 rings (SSSR count). The molecule has 7 heteroatoms. The molecule has 0 atom stereocenters. The van der Waals surface area contributed by atoms with Gasteiger partial charge in [0.2, 0.25) is 5.91 Å². The first kappa shape index (κ1) is 17.8. The highest BCUT2D eigenvalue weighted by Gasteiger charge is 2.26. The fraction of sp³-hybridized carbons (Fsp3) is 0.368. The predicted octanol–water partition coefficient (Wildman–Crippen LogP) is 2.33. The van der Waals surface area contributed by atoms with Crippen LogP contribution in [-0.2, 0) is 11.3 Å². The van der Waals surface area contributed by atoms with Crippen molar-refractivity contribution in [3.05, 3.63) is 53.2 Å². The second-order valence-corrected chi connectivity index (χ2v) is 6.40. The van der Waals surface area contributed by atoms with Gasteiger partial charge in [0.15, 0.2) is 11.5 Å². The summed E-state index contributed by atoms with van der Waals surface area (Å²) < 4.78 is 13.6. The zero-order valence-electron chi connectivity index (χ0n) is 14.6. The van der Waals surface area contributed by atoms with Gasteiger partial charge in [0.25, 0.3) is 0 Å². The predicted molar refractivity (Wildman–Crippen MR) is 94.7 cm³/mol. The SMILES string of the molecule is Cc1ccc(CNC(=O)C2CCN(c3nccnc3C#N)CC2)cc1F. The summed E-state index contributed by atoms with van der Waals surface area (Å²) >= 11 is 0. The number of hydrogen-bond donors (Lipinski definition) is 1. The smallest absolute Gasteiger partial charge is 0.223 e. The first-order chi connectivity index (χ1) is 12.6. The molecule has 1 fully saturated rings. The second-order valence-electron chi connectivity index (χ2n) is 6.40. The summed E-state index contributed by atoms with van der Waals surface area (Å²) in [6.07, 6.45) is 4.41. The maximum absolute atomic E-state index is 13.6. The van der Waals surface area contributed by atoms with Crippen molar-refractivity contribution in [2.24, 2.45) is 5.92 Å². The van der Waals surface area contributed by atoms with E-state index in [4.69, 9.17) is 5.26 Å². The Bertz CT molecular complexity index is 840. The Balaban J connectivity index is 1.53. The molecule has 2 heterocycles. The van der Waals surface area contributed by atoms with Crippen LogP contribution < -0.4 is 10.2 Å². The Morgan fingerprint density at radius 1 is 1.35 bits per heavy atom. The minimum atomic E-state index is -0.262. The number of nitriles is 1. The highest BCUT2D eigenvalue weighted by Crippen LogP contribution is 2.23. The summed E-state index contributed by atoms with van der Waals surface area (Å²) in [5.41, 5.74) is 1.64. The van der Waals surface area contributed by atoms with Gasteiger partial charge in [0.05, 0.1) is 0 Å². The molecule has 0 spiro atoms. The van der Waals surface area contributed by atoms with Crippen LogP contribution in [0.3, 0.4) is 0 Å². The Morgan fingerprint density at radius 3 is 2.77 bits per heavy atom. The maximum atomic E-state index is 13.6. The number of benzene rings is 1. The van der Waals surface area contributed by atoms with Gasteiger partial charge in [0.1, 0.15) is 11.9 Å². The number of halogens is 1. The van der Waals surface area contributed by atoms with Crippen molar-refractivity contribution in [1.82, 2.24) is 15.3 Å². The van der Waals surface area contributed by atoms with Crippen LogP contribution in [0.1, 0.15) is 29.7 Å². The first-order valence-electron chi connectivity index (χ1n) is 8.57. The summed E-state index contributed by atoms with van der Waals surface area (Å²) in [6.45, 7) is 3.31. The first-order valence-corrected chi connectivity index (χ1v) is 8.57. The van der Waals surface area contributed by atoms with E-state index in [0.29, 0.717) is 49.6 Å². The van der Waals surface area contributed by atoms with Gasteiger partial charge in [-0.05, 0) is 37.0 Å². The van der Waals surface area contributed by atoms with Gasteiger partial charge in [-0.1, -0.05) is 12.1 Å². The summed E-state index contributed by atoms with van der Waals surface area (Å²) in [5.74, 6) is 0.195. The highest BCUT2D eigenvalue weighted by molar-refractivity contribution is 5.79. The molecule has 1 aliphatic rings. The minimum absolute atomic E-state index is 0.0229. The van der Waals surface area contributed by atoms with Crippen molar-refractivity contribution in [2.75, 3.05) is 18.0 Å².